The fourth-order valence-electron chi connectivity index (χ4n) is 3.58. The highest BCUT2D eigenvalue weighted by Gasteiger charge is 2.30. The smallest absolute Gasteiger partial charge is 0.240 e. The number of nitrogens with zero attached hydrogens (tertiary/aromatic N) is 1. The second-order valence-electron chi connectivity index (χ2n) is 7.30. The maximum absolute atomic E-state index is 12.6. The standard InChI is InChI=1S/C21H25N3O4S/c1-14-5-4-6-18(11-14)23-21(26)9-10-22-29(27,28)19-7-8-20-17(13-19)12-15(2)24(20)16(3)25/h4-8,11,13,15,22H,9-10,12H2,1-3H3,(H,23,26)/t15-/m1/s1. The number of fused-ring (bicyclic) bond motifs is 1. The Balaban J connectivity index is 1.61. The molecule has 1 heterocycles. The molecule has 0 bridgehead atoms. The molecular formula is C21H25N3O4S. The molecule has 0 radical (unpaired) electrons. The van der Waals surface area contributed by atoms with E-state index in [-0.39, 0.29) is 35.7 Å². The Bertz CT molecular complexity index is 1050. The first-order valence-corrected chi connectivity index (χ1v) is 10.9. The van der Waals surface area contributed by atoms with Gasteiger partial charge in [-0.3, -0.25) is 9.59 Å². The van der Waals surface area contributed by atoms with Crippen LogP contribution in [0.4, 0.5) is 11.4 Å². The van der Waals surface area contributed by atoms with E-state index in [1.165, 1.54) is 13.0 Å². The van der Waals surface area contributed by atoms with E-state index in [4.69, 9.17) is 0 Å². The summed E-state index contributed by atoms with van der Waals surface area (Å²) in [6, 6.07) is 12.2. The molecule has 2 aromatic carbocycles. The van der Waals surface area contributed by atoms with E-state index in [0.29, 0.717) is 12.1 Å². The average molecular weight is 416 g/mol. The van der Waals surface area contributed by atoms with Gasteiger partial charge in [-0.25, -0.2) is 13.1 Å². The number of aryl methyl sites for hydroxylation is 1. The topological polar surface area (TPSA) is 95.6 Å². The molecule has 1 aliphatic rings. The molecule has 0 aliphatic carbocycles. The van der Waals surface area contributed by atoms with Crippen LogP contribution in [0.1, 0.15) is 31.4 Å². The molecule has 2 aromatic rings. The summed E-state index contributed by atoms with van der Waals surface area (Å²) in [5.74, 6) is -0.331. The van der Waals surface area contributed by atoms with E-state index in [9.17, 15) is 18.0 Å². The number of amides is 2. The van der Waals surface area contributed by atoms with Crippen LogP contribution in [0, 0.1) is 6.92 Å². The minimum atomic E-state index is -3.75. The Hall–Kier alpha value is -2.71. The van der Waals surface area contributed by atoms with E-state index in [2.05, 4.69) is 10.0 Å². The maximum Gasteiger partial charge on any atom is 0.240 e. The summed E-state index contributed by atoms with van der Waals surface area (Å²) in [5.41, 5.74) is 3.28. The first-order valence-electron chi connectivity index (χ1n) is 9.46. The van der Waals surface area contributed by atoms with Crippen LogP contribution in [0.15, 0.2) is 47.4 Å². The lowest BCUT2D eigenvalue weighted by atomic mass is 10.1. The van der Waals surface area contributed by atoms with Crippen molar-refractivity contribution in [3.63, 3.8) is 0 Å². The monoisotopic (exact) mass is 415 g/mol. The largest absolute Gasteiger partial charge is 0.326 e. The number of anilines is 2. The van der Waals surface area contributed by atoms with E-state index < -0.39 is 10.0 Å². The van der Waals surface area contributed by atoms with Gasteiger partial charge in [-0.15, -0.1) is 0 Å². The minimum absolute atomic E-state index is 0.00117. The number of hydrogen-bond acceptors (Lipinski definition) is 4. The van der Waals surface area contributed by atoms with Crippen molar-refractivity contribution in [2.45, 2.75) is 44.6 Å². The fraction of sp³-hybridized carbons (Fsp3) is 0.333. The lowest BCUT2D eigenvalue weighted by molar-refractivity contribution is -0.117. The molecule has 8 heteroatoms. The third-order valence-electron chi connectivity index (χ3n) is 4.86. The summed E-state index contributed by atoms with van der Waals surface area (Å²) in [5, 5.41) is 2.75. The van der Waals surface area contributed by atoms with Crippen molar-refractivity contribution in [1.82, 2.24) is 4.72 Å². The summed E-state index contributed by atoms with van der Waals surface area (Å²) >= 11 is 0. The van der Waals surface area contributed by atoms with Crippen LogP contribution in [-0.4, -0.2) is 32.8 Å². The molecule has 0 saturated heterocycles. The zero-order valence-corrected chi connectivity index (χ0v) is 17.5. The molecule has 0 spiro atoms. The number of rotatable bonds is 6. The molecule has 0 aromatic heterocycles. The Kier molecular flexibility index (Phi) is 6.04. The van der Waals surface area contributed by atoms with E-state index >= 15 is 0 Å². The first kappa shape index (κ1) is 21.0. The van der Waals surface area contributed by atoms with Gasteiger partial charge in [0.15, 0.2) is 0 Å². The second kappa shape index (κ2) is 8.34. The molecule has 154 valence electrons. The Morgan fingerprint density at radius 1 is 1.17 bits per heavy atom. The van der Waals surface area contributed by atoms with Gasteiger partial charge >= 0.3 is 0 Å². The van der Waals surface area contributed by atoms with Gasteiger partial charge in [0.05, 0.1) is 4.90 Å². The van der Waals surface area contributed by atoms with Crippen LogP contribution in [-0.2, 0) is 26.0 Å². The molecule has 29 heavy (non-hydrogen) atoms. The number of hydrogen-bond donors (Lipinski definition) is 2. The van der Waals surface area contributed by atoms with Crippen molar-refractivity contribution in [3.05, 3.63) is 53.6 Å². The van der Waals surface area contributed by atoms with Gasteiger partial charge in [-0.1, -0.05) is 12.1 Å². The van der Waals surface area contributed by atoms with Crippen molar-refractivity contribution in [2.75, 3.05) is 16.8 Å². The number of benzene rings is 2. The number of carbonyl (C=O) groups is 2. The third kappa shape index (κ3) is 4.83. The van der Waals surface area contributed by atoms with Gasteiger partial charge in [0.1, 0.15) is 0 Å². The predicted octanol–water partition coefficient (Wildman–Crippen LogP) is 2.60. The molecule has 0 saturated carbocycles. The molecule has 7 nitrogen and oxygen atoms in total. The maximum atomic E-state index is 12.6. The molecule has 1 aliphatic heterocycles. The van der Waals surface area contributed by atoms with E-state index in [1.807, 2.05) is 32.0 Å². The average Bonchev–Trinajstić information content (AvgIpc) is 2.96. The Morgan fingerprint density at radius 2 is 1.93 bits per heavy atom. The molecule has 2 amide bonds. The van der Waals surface area contributed by atoms with Gasteiger partial charge in [0.2, 0.25) is 21.8 Å². The summed E-state index contributed by atoms with van der Waals surface area (Å²) < 4.78 is 27.7. The Morgan fingerprint density at radius 3 is 2.62 bits per heavy atom. The number of carbonyl (C=O) groups excluding carboxylic acids is 2. The molecule has 0 unspecified atom stereocenters. The summed E-state index contributed by atoms with van der Waals surface area (Å²) in [4.78, 5) is 25.7. The molecule has 1 atom stereocenters. The Labute approximate surface area is 171 Å². The number of sulfonamides is 1. The lowest BCUT2D eigenvalue weighted by Gasteiger charge is -2.20. The van der Waals surface area contributed by atoms with E-state index in [0.717, 1.165) is 16.8 Å². The van der Waals surface area contributed by atoms with Crippen molar-refractivity contribution in [3.8, 4) is 0 Å². The summed E-state index contributed by atoms with van der Waals surface area (Å²) in [6.07, 6.45) is 0.629. The van der Waals surface area contributed by atoms with Gasteiger partial charge in [0.25, 0.3) is 0 Å². The third-order valence-corrected chi connectivity index (χ3v) is 6.32. The normalized spacial score (nSPS) is 15.8. The zero-order valence-electron chi connectivity index (χ0n) is 16.7. The fourth-order valence-corrected chi connectivity index (χ4v) is 4.67. The summed E-state index contributed by atoms with van der Waals surface area (Å²) in [6.45, 7) is 5.35. The molecule has 3 rings (SSSR count). The van der Waals surface area contributed by atoms with Crippen molar-refractivity contribution < 1.29 is 18.0 Å². The highest BCUT2D eigenvalue weighted by molar-refractivity contribution is 7.89. The lowest BCUT2D eigenvalue weighted by Crippen LogP contribution is -2.33. The summed E-state index contributed by atoms with van der Waals surface area (Å²) in [7, 11) is -3.75. The van der Waals surface area contributed by atoms with Crippen LogP contribution < -0.4 is 14.9 Å². The highest BCUT2D eigenvalue weighted by atomic mass is 32.2. The van der Waals surface area contributed by atoms with Crippen LogP contribution in [0.5, 0.6) is 0 Å². The zero-order chi connectivity index (χ0) is 21.2. The van der Waals surface area contributed by atoms with Crippen LogP contribution in [0.3, 0.4) is 0 Å². The van der Waals surface area contributed by atoms with E-state index in [1.54, 1.807) is 23.1 Å². The van der Waals surface area contributed by atoms with Gasteiger partial charge < -0.3 is 10.2 Å². The highest BCUT2D eigenvalue weighted by Crippen LogP contribution is 2.33. The van der Waals surface area contributed by atoms with Gasteiger partial charge in [-0.2, -0.15) is 0 Å². The molecule has 0 fully saturated rings. The first-order chi connectivity index (χ1) is 13.7. The SMILES string of the molecule is CC(=O)N1c2ccc(S(=O)(=O)NCCC(=O)Nc3cccc(C)c3)cc2C[C@H]1C. The molecule has 2 N–H and O–H groups in total. The van der Waals surface area contributed by atoms with Gasteiger partial charge in [0, 0.05) is 37.3 Å². The van der Waals surface area contributed by atoms with Crippen molar-refractivity contribution in [2.24, 2.45) is 0 Å². The molecular weight excluding hydrogens is 390 g/mol. The quantitative estimate of drug-likeness (QED) is 0.758. The minimum Gasteiger partial charge on any atom is -0.326 e. The van der Waals surface area contributed by atoms with Crippen LogP contribution in [0.25, 0.3) is 0 Å². The predicted molar refractivity (Wildman–Crippen MR) is 112 cm³/mol. The van der Waals surface area contributed by atoms with Crippen LogP contribution >= 0.6 is 0 Å². The van der Waals surface area contributed by atoms with Crippen molar-refractivity contribution >= 4 is 33.2 Å². The van der Waals surface area contributed by atoms with Crippen LogP contribution in [0.2, 0.25) is 0 Å². The number of nitrogens with one attached hydrogen (secondary N) is 2. The van der Waals surface area contributed by atoms with Crippen molar-refractivity contribution in [1.29, 1.82) is 0 Å². The van der Waals surface area contributed by atoms with Gasteiger partial charge in [-0.05, 0) is 61.7 Å². The second-order valence-corrected chi connectivity index (χ2v) is 9.07.